The van der Waals surface area contributed by atoms with Crippen molar-refractivity contribution < 1.29 is 9.59 Å². The van der Waals surface area contributed by atoms with E-state index in [4.69, 9.17) is 0 Å². The number of aromatic nitrogens is 1. The van der Waals surface area contributed by atoms with Gasteiger partial charge in [0.1, 0.15) is 6.04 Å². The molecule has 0 bridgehead atoms. The molecular formula is C16H19N3O2. The Balaban J connectivity index is 2.02. The van der Waals surface area contributed by atoms with Gasteiger partial charge in [0, 0.05) is 37.2 Å². The summed E-state index contributed by atoms with van der Waals surface area (Å²) in [5, 5.41) is 3.76. The average Bonchev–Trinajstić information content (AvgIpc) is 2.84. The third kappa shape index (κ3) is 2.18. The van der Waals surface area contributed by atoms with Crippen molar-refractivity contribution in [2.75, 3.05) is 13.1 Å². The van der Waals surface area contributed by atoms with Crippen molar-refractivity contribution in [2.45, 2.75) is 19.4 Å². The quantitative estimate of drug-likeness (QED) is 0.909. The summed E-state index contributed by atoms with van der Waals surface area (Å²) in [4.78, 5) is 26.5. The second kappa shape index (κ2) is 5.24. The highest BCUT2D eigenvalue weighted by molar-refractivity contribution is 6.08. The van der Waals surface area contributed by atoms with Crippen LogP contribution in [0.1, 0.15) is 23.7 Å². The van der Waals surface area contributed by atoms with E-state index in [1.807, 2.05) is 49.0 Å². The summed E-state index contributed by atoms with van der Waals surface area (Å²) in [6.45, 7) is 3.01. The molecule has 3 rings (SSSR count). The van der Waals surface area contributed by atoms with Gasteiger partial charge in [-0.1, -0.05) is 25.1 Å². The maximum Gasteiger partial charge on any atom is 0.256 e. The van der Waals surface area contributed by atoms with Crippen LogP contribution in [0.5, 0.6) is 0 Å². The molecule has 0 radical (unpaired) electrons. The van der Waals surface area contributed by atoms with Crippen LogP contribution in [0.2, 0.25) is 0 Å². The summed E-state index contributed by atoms with van der Waals surface area (Å²) in [7, 11) is 1.93. The van der Waals surface area contributed by atoms with E-state index in [0.717, 1.165) is 10.9 Å². The van der Waals surface area contributed by atoms with Crippen molar-refractivity contribution in [3.8, 4) is 0 Å². The number of carbonyl (C=O) groups is 2. The first kappa shape index (κ1) is 13.7. The molecule has 1 saturated heterocycles. The summed E-state index contributed by atoms with van der Waals surface area (Å²) >= 11 is 0. The first-order chi connectivity index (χ1) is 10.1. The van der Waals surface area contributed by atoms with Gasteiger partial charge in [-0.05, 0) is 12.5 Å². The topological polar surface area (TPSA) is 54.3 Å². The average molecular weight is 285 g/mol. The van der Waals surface area contributed by atoms with Gasteiger partial charge in [0.15, 0.2) is 0 Å². The number of para-hydroxylation sites is 1. The molecule has 2 heterocycles. The lowest BCUT2D eigenvalue weighted by Crippen LogP contribution is -2.56. The Bertz CT molecular complexity index is 705. The van der Waals surface area contributed by atoms with E-state index >= 15 is 0 Å². The van der Waals surface area contributed by atoms with Gasteiger partial charge >= 0.3 is 0 Å². The van der Waals surface area contributed by atoms with E-state index in [-0.39, 0.29) is 17.9 Å². The number of piperazine rings is 1. The lowest BCUT2D eigenvalue weighted by Gasteiger charge is -2.34. The Hall–Kier alpha value is -2.30. The number of hydrogen-bond donors (Lipinski definition) is 1. The molecule has 1 atom stereocenters. The van der Waals surface area contributed by atoms with Gasteiger partial charge in [0.2, 0.25) is 5.91 Å². The molecular weight excluding hydrogens is 266 g/mol. The van der Waals surface area contributed by atoms with E-state index < -0.39 is 0 Å². The molecule has 0 saturated carbocycles. The molecule has 5 nitrogen and oxygen atoms in total. The molecule has 5 heteroatoms. The number of carbonyl (C=O) groups excluding carboxylic acids is 2. The summed E-state index contributed by atoms with van der Waals surface area (Å²) in [5.41, 5.74) is 1.69. The van der Waals surface area contributed by atoms with Crippen LogP contribution in [0, 0.1) is 0 Å². The van der Waals surface area contributed by atoms with Gasteiger partial charge < -0.3 is 14.8 Å². The van der Waals surface area contributed by atoms with Crippen LogP contribution in [-0.2, 0) is 11.8 Å². The number of nitrogens with zero attached hydrogens (tertiary/aromatic N) is 2. The first-order valence-electron chi connectivity index (χ1n) is 7.26. The highest BCUT2D eigenvalue weighted by Gasteiger charge is 2.33. The Morgan fingerprint density at radius 3 is 2.90 bits per heavy atom. The fourth-order valence-electron chi connectivity index (χ4n) is 3.03. The smallest absolute Gasteiger partial charge is 0.256 e. The van der Waals surface area contributed by atoms with Crippen molar-refractivity contribution in [2.24, 2.45) is 7.05 Å². The second-order valence-electron chi connectivity index (χ2n) is 5.38. The van der Waals surface area contributed by atoms with Crippen LogP contribution < -0.4 is 5.32 Å². The van der Waals surface area contributed by atoms with Crippen molar-refractivity contribution in [1.29, 1.82) is 0 Å². The number of rotatable bonds is 2. The number of benzene rings is 1. The number of amides is 2. The lowest BCUT2D eigenvalue weighted by atomic mass is 10.1. The van der Waals surface area contributed by atoms with Gasteiger partial charge in [-0.15, -0.1) is 0 Å². The zero-order valence-corrected chi connectivity index (χ0v) is 12.3. The highest BCUT2D eigenvalue weighted by Crippen LogP contribution is 2.23. The first-order valence-corrected chi connectivity index (χ1v) is 7.26. The van der Waals surface area contributed by atoms with Crippen molar-refractivity contribution in [1.82, 2.24) is 14.8 Å². The van der Waals surface area contributed by atoms with Crippen LogP contribution >= 0.6 is 0 Å². The minimum Gasteiger partial charge on any atom is -0.353 e. The third-order valence-corrected chi connectivity index (χ3v) is 4.11. The summed E-state index contributed by atoms with van der Waals surface area (Å²) in [6, 6.07) is 7.46. The summed E-state index contributed by atoms with van der Waals surface area (Å²) < 4.78 is 1.95. The van der Waals surface area contributed by atoms with Crippen LogP contribution in [0.4, 0.5) is 0 Å². The van der Waals surface area contributed by atoms with E-state index in [2.05, 4.69) is 5.32 Å². The zero-order valence-electron chi connectivity index (χ0n) is 12.3. The van der Waals surface area contributed by atoms with Crippen LogP contribution in [-0.4, -0.2) is 40.4 Å². The predicted octanol–water partition coefficient (Wildman–Crippen LogP) is 1.53. The van der Waals surface area contributed by atoms with Crippen molar-refractivity contribution in [3.63, 3.8) is 0 Å². The lowest BCUT2D eigenvalue weighted by molar-refractivity contribution is -0.127. The highest BCUT2D eigenvalue weighted by atomic mass is 16.2. The van der Waals surface area contributed by atoms with Gasteiger partial charge in [0.05, 0.1) is 5.56 Å². The molecule has 1 aliphatic rings. The SMILES string of the molecule is CCC1C(=O)NCCN1C(=O)c1cn(C)c2ccccc12. The van der Waals surface area contributed by atoms with Crippen LogP contribution in [0.15, 0.2) is 30.5 Å². The molecule has 1 unspecified atom stereocenters. The van der Waals surface area contributed by atoms with Crippen molar-refractivity contribution in [3.05, 3.63) is 36.0 Å². The molecule has 0 aliphatic carbocycles. The maximum atomic E-state index is 12.9. The number of nitrogens with one attached hydrogen (secondary N) is 1. The van der Waals surface area contributed by atoms with Gasteiger partial charge in [0.25, 0.3) is 5.91 Å². The molecule has 2 amide bonds. The molecule has 1 fully saturated rings. The maximum absolute atomic E-state index is 12.9. The summed E-state index contributed by atoms with van der Waals surface area (Å²) in [6.07, 6.45) is 2.48. The molecule has 21 heavy (non-hydrogen) atoms. The summed E-state index contributed by atoms with van der Waals surface area (Å²) in [5.74, 6) is -0.120. The molecule has 2 aromatic rings. The molecule has 1 aliphatic heterocycles. The van der Waals surface area contributed by atoms with E-state index in [0.29, 0.717) is 25.1 Å². The fraction of sp³-hybridized carbons (Fsp3) is 0.375. The zero-order chi connectivity index (χ0) is 15.0. The predicted molar refractivity (Wildman–Crippen MR) is 81.0 cm³/mol. The Morgan fingerprint density at radius 2 is 2.14 bits per heavy atom. The van der Waals surface area contributed by atoms with E-state index in [1.165, 1.54) is 0 Å². The minimum atomic E-state index is -0.370. The van der Waals surface area contributed by atoms with Gasteiger partial charge in [-0.25, -0.2) is 0 Å². The largest absolute Gasteiger partial charge is 0.353 e. The molecule has 1 aromatic carbocycles. The Morgan fingerprint density at radius 1 is 1.38 bits per heavy atom. The molecule has 1 N–H and O–H groups in total. The Labute approximate surface area is 123 Å². The minimum absolute atomic E-state index is 0.0580. The Kier molecular flexibility index (Phi) is 3.41. The number of aryl methyl sites for hydroxylation is 1. The van der Waals surface area contributed by atoms with Gasteiger partial charge in [-0.3, -0.25) is 9.59 Å². The fourth-order valence-corrected chi connectivity index (χ4v) is 3.03. The van der Waals surface area contributed by atoms with Crippen LogP contribution in [0.3, 0.4) is 0 Å². The monoisotopic (exact) mass is 285 g/mol. The molecule has 110 valence electrons. The molecule has 1 aromatic heterocycles. The van der Waals surface area contributed by atoms with E-state index in [1.54, 1.807) is 4.90 Å². The number of hydrogen-bond acceptors (Lipinski definition) is 2. The number of fused-ring (bicyclic) bond motifs is 1. The standard InChI is InChI=1S/C16H19N3O2/c1-3-13-15(20)17-8-9-19(13)16(21)12-10-18(2)14-7-5-4-6-11(12)14/h4-7,10,13H,3,8-9H2,1-2H3,(H,17,20). The second-order valence-corrected chi connectivity index (χ2v) is 5.38. The van der Waals surface area contributed by atoms with Gasteiger partial charge in [-0.2, -0.15) is 0 Å². The normalized spacial score (nSPS) is 18.9. The van der Waals surface area contributed by atoms with Crippen molar-refractivity contribution >= 4 is 22.7 Å². The van der Waals surface area contributed by atoms with E-state index in [9.17, 15) is 9.59 Å². The molecule has 0 spiro atoms. The van der Waals surface area contributed by atoms with Crippen LogP contribution in [0.25, 0.3) is 10.9 Å². The third-order valence-electron chi connectivity index (χ3n) is 4.11.